The second-order valence-corrected chi connectivity index (χ2v) is 3.55. The smallest absolute Gasteiger partial charge is 0.148 e. The summed E-state index contributed by atoms with van der Waals surface area (Å²) in [6.45, 7) is 2.97. The molecule has 0 aliphatic rings. The Morgan fingerprint density at radius 2 is 2.07 bits per heavy atom. The number of hydrogen-bond acceptors (Lipinski definition) is 3. The molecular weight excluding hydrogens is 190 g/mol. The summed E-state index contributed by atoms with van der Waals surface area (Å²) in [6, 6.07) is 8.05. The summed E-state index contributed by atoms with van der Waals surface area (Å²) in [6.07, 6.45) is 1.01. The third-order valence-corrected chi connectivity index (χ3v) is 2.19. The summed E-state index contributed by atoms with van der Waals surface area (Å²) < 4.78 is 5.41. The number of ether oxygens (including phenoxy) is 1. The van der Waals surface area contributed by atoms with E-state index < -0.39 is 0 Å². The first-order valence-corrected chi connectivity index (χ1v) is 5.08. The van der Waals surface area contributed by atoms with Crippen molar-refractivity contribution in [2.45, 2.75) is 26.1 Å². The maximum absolute atomic E-state index is 10.6. The van der Waals surface area contributed by atoms with Gasteiger partial charge in [-0.3, -0.25) is 0 Å². The number of benzene rings is 1. The van der Waals surface area contributed by atoms with Gasteiger partial charge in [-0.15, -0.1) is 0 Å². The van der Waals surface area contributed by atoms with Gasteiger partial charge in [0.2, 0.25) is 0 Å². The summed E-state index contributed by atoms with van der Waals surface area (Å²) in [7, 11) is 0. The second kappa shape index (κ2) is 6.32. The van der Waals surface area contributed by atoms with Crippen LogP contribution in [0.4, 0.5) is 0 Å². The van der Waals surface area contributed by atoms with Gasteiger partial charge >= 0.3 is 0 Å². The Balaban J connectivity index is 2.41. The molecule has 1 rings (SSSR count). The van der Waals surface area contributed by atoms with Crippen LogP contribution < -0.4 is 5.73 Å². The number of nitrogens with two attached hydrogens (primary N) is 1. The van der Waals surface area contributed by atoms with Gasteiger partial charge in [0.25, 0.3) is 0 Å². The molecule has 0 spiro atoms. The van der Waals surface area contributed by atoms with E-state index >= 15 is 0 Å². The monoisotopic (exact) mass is 207 g/mol. The molecule has 15 heavy (non-hydrogen) atoms. The number of carbonyl (C=O) groups is 1. The molecule has 0 aliphatic heterocycles. The van der Waals surface area contributed by atoms with E-state index in [1.165, 1.54) is 5.56 Å². The number of carbonyl (C=O) groups excluding carboxylic acids is 1. The van der Waals surface area contributed by atoms with Crippen LogP contribution in [-0.4, -0.2) is 18.9 Å². The first kappa shape index (κ1) is 11.9. The summed E-state index contributed by atoms with van der Waals surface area (Å²) in [5.74, 6) is 0. The fourth-order valence-corrected chi connectivity index (χ4v) is 1.24. The van der Waals surface area contributed by atoms with Crippen molar-refractivity contribution in [2.24, 2.45) is 5.73 Å². The highest BCUT2D eigenvalue weighted by Crippen LogP contribution is 2.06. The third-order valence-electron chi connectivity index (χ3n) is 2.19. The van der Waals surface area contributed by atoms with Crippen LogP contribution in [0.15, 0.2) is 24.3 Å². The molecule has 0 heterocycles. The predicted molar refractivity (Wildman–Crippen MR) is 59.5 cm³/mol. The van der Waals surface area contributed by atoms with Gasteiger partial charge in [-0.05, 0) is 25.5 Å². The van der Waals surface area contributed by atoms with E-state index in [4.69, 9.17) is 10.5 Å². The van der Waals surface area contributed by atoms with Crippen molar-refractivity contribution >= 4 is 6.29 Å². The summed E-state index contributed by atoms with van der Waals surface area (Å²) >= 11 is 0. The quantitative estimate of drug-likeness (QED) is 0.718. The van der Waals surface area contributed by atoms with Gasteiger partial charge in [-0.2, -0.15) is 0 Å². The molecule has 1 aromatic carbocycles. The van der Waals surface area contributed by atoms with E-state index in [0.717, 1.165) is 11.8 Å². The molecule has 0 unspecified atom stereocenters. The van der Waals surface area contributed by atoms with Gasteiger partial charge in [-0.1, -0.05) is 29.8 Å². The lowest BCUT2D eigenvalue weighted by molar-refractivity contribution is -0.119. The van der Waals surface area contributed by atoms with Gasteiger partial charge in [-0.25, -0.2) is 0 Å². The van der Waals surface area contributed by atoms with E-state index in [0.29, 0.717) is 19.6 Å². The van der Waals surface area contributed by atoms with Crippen molar-refractivity contribution in [3.05, 3.63) is 35.4 Å². The van der Waals surface area contributed by atoms with Gasteiger partial charge in [0.1, 0.15) is 12.4 Å². The van der Waals surface area contributed by atoms with Crippen LogP contribution in [0.25, 0.3) is 0 Å². The molecule has 1 aromatic rings. The minimum atomic E-state index is -0.378. The van der Waals surface area contributed by atoms with Crippen molar-refractivity contribution in [1.82, 2.24) is 0 Å². The third kappa shape index (κ3) is 4.23. The Morgan fingerprint density at radius 3 is 2.60 bits per heavy atom. The lowest BCUT2D eigenvalue weighted by Gasteiger charge is -2.10. The van der Waals surface area contributed by atoms with Crippen molar-refractivity contribution in [3.8, 4) is 0 Å². The number of hydrogen-bond donors (Lipinski definition) is 1. The molecular formula is C12H17NO2. The topological polar surface area (TPSA) is 52.3 Å². The van der Waals surface area contributed by atoms with E-state index in [1.54, 1.807) is 0 Å². The molecule has 0 saturated heterocycles. The number of rotatable bonds is 6. The van der Waals surface area contributed by atoms with Crippen LogP contribution in [0.2, 0.25) is 0 Å². The number of aryl methyl sites for hydroxylation is 1. The Kier molecular flexibility index (Phi) is 5.01. The molecule has 82 valence electrons. The van der Waals surface area contributed by atoms with E-state index in [-0.39, 0.29) is 6.10 Å². The number of aldehydes is 1. The molecule has 1 atom stereocenters. The van der Waals surface area contributed by atoms with Crippen LogP contribution in [0.5, 0.6) is 0 Å². The van der Waals surface area contributed by atoms with Gasteiger partial charge in [0.05, 0.1) is 6.61 Å². The Hall–Kier alpha value is -1.19. The molecule has 0 amide bonds. The van der Waals surface area contributed by atoms with Gasteiger partial charge in [0, 0.05) is 0 Å². The normalized spacial score (nSPS) is 12.4. The molecule has 2 N–H and O–H groups in total. The standard InChI is InChI=1S/C12H17NO2/c1-10-2-4-11(5-3-10)9-15-12(8-14)6-7-13/h2-5,8,12H,6-7,9,13H2,1H3/t12-/m0/s1. The average Bonchev–Trinajstić information content (AvgIpc) is 2.26. The summed E-state index contributed by atoms with van der Waals surface area (Å²) in [5.41, 5.74) is 7.64. The maximum Gasteiger partial charge on any atom is 0.148 e. The molecule has 3 nitrogen and oxygen atoms in total. The predicted octanol–water partition coefficient (Wildman–Crippen LogP) is 1.43. The van der Waals surface area contributed by atoms with Crippen molar-refractivity contribution in [2.75, 3.05) is 6.54 Å². The van der Waals surface area contributed by atoms with Crippen LogP contribution in [0, 0.1) is 6.92 Å². The Bertz CT molecular complexity index is 295. The van der Waals surface area contributed by atoms with E-state index in [9.17, 15) is 4.79 Å². The maximum atomic E-state index is 10.6. The summed E-state index contributed by atoms with van der Waals surface area (Å²) in [5, 5.41) is 0. The molecule has 0 fully saturated rings. The fourth-order valence-electron chi connectivity index (χ4n) is 1.24. The zero-order chi connectivity index (χ0) is 11.1. The molecule has 0 aromatic heterocycles. The molecule has 0 bridgehead atoms. The SMILES string of the molecule is Cc1ccc(CO[C@H](C=O)CCN)cc1. The molecule has 3 heteroatoms. The van der Waals surface area contributed by atoms with Crippen LogP contribution in [0.1, 0.15) is 17.5 Å². The van der Waals surface area contributed by atoms with Gasteiger partial charge < -0.3 is 15.3 Å². The van der Waals surface area contributed by atoms with Crippen LogP contribution in [0.3, 0.4) is 0 Å². The van der Waals surface area contributed by atoms with Gasteiger partial charge in [0.15, 0.2) is 0 Å². The van der Waals surface area contributed by atoms with Crippen molar-refractivity contribution in [3.63, 3.8) is 0 Å². The van der Waals surface area contributed by atoms with E-state index in [1.807, 2.05) is 31.2 Å². The lowest BCUT2D eigenvalue weighted by atomic mass is 10.2. The highest BCUT2D eigenvalue weighted by atomic mass is 16.5. The first-order valence-electron chi connectivity index (χ1n) is 5.08. The fraction of sp³-hybridized carbons (Fsp3) is 0.417. The highest BCUT2D eigenvalue weighted by Gasteiger charge is 2.05. The zero-order valence-electron chi connectivity index (χ0n) is 8.98. The van der Waals surface area contributed by atoms with Crippen LogP contribution in [-0.2, 0) is 16.1 Å². The molecule has 0 aliphatic carbocycles. The minimum absolute atomic E-state index is 0.378. The highest BCUT2D eigenvalue weighted by molar-refractivity contribution is 5.55. The van der Waals surface area contributed by atoms with E-state index in [2.05, 4.69) is 0 Å². The average molecular weight is 207 g/mol. The van der Waals surface area contributed by atoms with Crippen molar-refractivity contribution in [1.29, 1.82) is 0 Å². The Morgan fingerprint density at radius 1 is 1.40 bits per heavy atom. The first-order chi connectivity index (χ1) is 7.26. The largest absolute Gasteiger partial charge is 0.366 e. The lowest BCUT2D eigenvalue weighted by Crippen LogP contribution is -2.18. The molecule has 0 saturated carbocycles. The zero-order valence-corrected chi connectivity index (χ0v) is 8.98. The Labute approximate surface area is 90.2 Å². The molecule has 0 radical (unpaired) electrons. The van der Waals surface area contributed by atoms with Crippen LogP contribution >= 0.6 is 0 Å². The summed E-state index contributed by atoms with van der Waals surface area (Å²) in [4.78, 5) is 10.6. The second-order valence-electron chi connectivity index (χ2n) is 3.55. The minimum Gasteiger partial charge on any atom is -0.366 e. The van der Waals surface area contributed by atoms with Crippen molar-refractivity contribution < 1.29 is 9.53 Å².